The minimum Gasteiger partial charge on any atom is -0.378 e. The van der Waals surface area contributed by atoms with Crippen molar-refractivity contribution in [3.05, 3.63) is 108 Å². The summed E-state index contributed by atoms with van der Waals surface area (Å²) in [5.41, 5.74) is 6.72. The summed E-state index contributed by atoms with van der Waals surface area (Å²) in [6, 6.07) is 29.5. The lowest BCUT2D eigenvalue weighted by atomic mass is 10.0. The zero-order valence-corrected chi connectivity index (χ0v) is 21.1. The zero-order chi connectivity index (χ0) is 24.5. The van der Waals surface area contributed by atoms with Crippen molar-refractivity contribution >= 4 is 28.7 Å². The van der Waals surface area contributed by atoms with Gasteiger partial charge < -0.3 is 24.4 Å². The van der Waals surface area contributed by atoms with E-state index in [4.69, 9.17) is 21.9 Å². The predicted molar refractivity (Wildman–Crippen MR) is 148 cm³/mol. The third kappa shape index (κ3) is 4.14. The fraction of sp³-hybridized carbons (Fsp3) is 0.241. The number of benzene rings is 2. The number of morpholine rings is 1. The second kappa shape index (κ2) is 9.76. The van der Waals surface area contributed by atoms with Crippen molar-refractivity contribution in [3.8, 4) is 5.69 Å². The molecule has 0 amide bonds. The van der Waals surface area contributed by atoms with E-state index in [0.717, 1.165) is 43.4 Å². The van der Waals surface area contributed by atoms with Crippen LogP contribution in [0.1, 0.15) is 29.2 Å². The van der Waals surface area contributed by atoms with Gasteiger partial charge in [0.1, 0.15) is 6.04 Å². The summed E-state index contributed by atoms with van der Waals surface area (Å²) in [5.74, 6) is 0. The molecule has 2 aromatic heterocycles. The predicted octanol–water partition coefficient (Wildman–Crippen LogP) is 5.19. The monoisotopic (exact) mass is 495 g/mol. The van der Waals surface area contributed by atoms with Crippen LogP contribution in [-0.2, 0) is 4.74 Å². The lowest BCUT2D eigenvalue weighted by molar-refractivity contribution is 0.122. The second-order valence-electron chi connectivity index (χ2n) is 9.18. The van der Waals surface area contributed by atoms with Crippen LogP contribution in [0.2, 0.25) is 0 Å². The molecule has 4 heterocycles. The Morgan fingerprint density at radius 2 is 1.56 bits per heavy atom. The van der Waals surface area contributed by atoms with E-state index in [-0.39, 0.29) is 12.1 Å². The Labute approximate surface area is 217 Å². The van der Waals surface area contributed by atoms with Crippen LogP contribution in [0.3, 0.4) is 0 Å². The molecule has 2 aliphatic rings. The van der Waals surface area contributed by atoms with Crippen LogP contribution >= 0.6 is 12.2 Å². The smallest absolute Gasteiger partial charge is 0.174 e. The average molecular weight is 496 g/mol. The highest BCUT2D eigenvalue weighted by atomic mass is 32.1. The van der Waals surface area contributed by atoms with Crippen LogP contribution in [0.5, 0.6) is 0 Å². The van der Waals surface area contributed by atoms with Crippen molar-refractivity contribution in [2.75, 3.05) is 36.1 Å². The van der Waals surface area contributed by atoms with Gasteiger partial charge in [-0.2, -0.15) is 0 Å². The van der Waals surface area contributed by atoms with Gasteiger partial charge >= 0.3 is 0 Å². The first-order chi connectivity index (χ1) is 17.7. The Morgan fingerprint density at radius 3 is 2.28 bits per heavy atom. The number of aromatic nitrogens is 2. The van der Waals surface area contributed by atoms with E-state index < -0.39 is 0 Å². The molecule has 0 bridgehead atoms. The Kier molecular flexibility index (Phi) is 6.17. The number of thiocarbonyl (C=S) groups is 1. The van der Waals surface area contributed by atoms with Gasteiger partial charge in [-0.15, -0.1) is 0 Å². The molecule has 0 aliphatic carbocycles. The molecule has 7 heteroatoms. The van der Waals surface area contributed by atoms with Crippen LogP contribution in [0.15, 0.2) is 91.1 Å². The van der Waals surface area contributed by atoms with Crippen molar-refractivity contribution in [1.82, 2.24) is 14.9 Å². The van der Waals surface area contributed by atoms with Gasteiger partial charge in [-0.05, 0) is 79.8 Å². The molecular weight excluding hydrogens is 466 g/mol. The number of aryl methyl sites for hydroxylation is 1. The maximum absolute atomic E-state index is 5.95. The van der Waals surface area contributed by atoms with Crippen molar-refractivity contribution in [2.45, 2.75) is 19.0 Å². The molecule has 0 unspecified atom stereocenters. The molecule has 182 valence electrons. The Bertz CT molecular complexity index is 1330. The van der Waals surface area contributed by atoms with Gasteiger partial charge in [-0.3, -0.25) is 4.98 Å². The molecule has 0 spiro atoms. The molecule has 36 heavy (non-hydrogen) atoms. The number of anilines is 2. The molecule has 6 nitrogen and oxygen atoms in total. The summed E-state index contributed by atoms with van der Waals surface area (Å²) in [4.78, 5) is 9.32. The zero-order valence-electron chi connectivity index (χ0n) is 20.2. The van der Waals surface area contributed by atoms with E-state index in [1.807, 2.05) is 24.4 Å². The first-order valence-corrected chi connectivity index (χ1v) is 12.8. The molecule has 2 aliphatic heterocycles. The van der Waals surface area contributed by atoms with Crippen LogP contribution in [0.4, 0.5) is 11.4 Å². The number of para-hydroxylation sites is 1. The lowest BCUT2D eigenvalue weighted by Crippen LogP contribution is -2.36. The molecule has 1 N–H and O–H groups in total. The van der Waals surface area contributed by atoms with Gasteiger partial charge in [0.05, 0.1) is 24.9 Å². The summed E-state index contributed by atoms with van der Waals surface area (Å²) in [7, 11) is 0. The standard InChI is InChI=1S/C29H29N5OS/c1-21-10-15-26(33(21)23-7-3-2-4-8-23)28-27(25-9-5-6-16-30-25)31-29(36)34(28)24-13-11-22(12-14-24)32-17-19-35-20-18-32/h2-16,27-28H,17-20H2,1H3,(H,31,36)/t27-,28+/m0/s1. The van der Waals surface area contributed by atoms with Crippen LogP contribution < -0.4 is 15.1 Å². The number of rotatable bonds is 5. The highest BCUT2D eigenvalue weighted by molar-refractivity contribution is 7.80. The molecule has 4 aromatic rings. The third-order valence-electron chi connectivity index (χ3n) is 7.03. The normalized spacial score (nSPS) is 20.0. The topological polar surface area (TPSA) is 45.6 Å². The maximum Gasteiger partial charge on any atom is 0.174 e. The first-order valence-electron chi connectivity index (χ1n) is 12.4. The third-order valence-corrected chi connectivity index (χ3v) is 7.34. The summed E-state index contributed by atoms with van der Waals surface area (Å²) in [5, 5.41) is 4.29. The van der Waals surface area contributed by atoms with Crippen LogP contribution in [0.25, 0.3) is 5.69 Å². The number of ether oxygens (including phenoxy) is 1. The van der Waals surface area contributed by atoms with Crippen LogP contribution in [0, 0.1) is 6.92 Å². The van der Waals surface area contributed by atoms with Crippen molar-refractivity contribution in [2.24, 2.45) is 0 Å². The highest BCUT2D eigenvalue weighted by Gasteiger charge is 2.42. The first kappa shape index (κ1) is 22.8. The van der Waals surface area contributed by atoms with Crippen LogP contribution in [-0.4, -0.2) is 41.0 Å². The summed E-state index contributed by atoms with van der Waals surface area (Å²) < 4.78 is 7.85. The largest absolute Gasteiger partial charge is 0.378 e. The molecule has 2 fully saturated rings. The Morgan fingerprint density at radius 1 is 0.833 bits per heavy atom. The van der Waals surface area contributed by atoms with E-state index in [1.165, 1.54) is 17.1 Å². The molecule has 2 aromatic carbocycles. The van der Waals surface area contributed by atoms with Gasteiger partial charge in [0.25, 0.3) is 0 Å². The number of nitrogens with zero attached hydrogens (tertiary/aromatic N) is 4. The van der Waals surface area contributed by atoms with Gasteiger partial charge in [0.2, 0.25) is 0 Å². The van der Waals surface area contributed by atoms with Crippen molar-refractivity contribution in [3.63, 3.8) is 0 Å². The SMILES string of the molecule is Cc1ccc([C@@H]2[C@H](c3ccccn3)NC(=S)N2c2ccc(N3CCOCC3)cc2)n1-c1ccccc1. The number of pyridine rings is 1. The Balaban J connectivity index is 1.44. The fourth-order valence-electron chi connectivity index (χ4n) is 5.30. The van der Waals surface area contributed by atoms with E-state index in [0.29, 0.717) is 5.11 Å². The summed E-state index contributed by atoms with van der Waals surface area (Å²) >= 11 is 5.95. The van der Waals surface area contributed by atoms with Gasteiger partial charge in [-0.1, -0.05) is 24.3 Å². The minimum absolute atomic E-state index is 0.0736. The Hall–Kier alpha value is -3.68. The molecule has 2 saturated heterocycles. The fourth-order valence-corrected chi connectivity index (χ4v) is 5.64. The lowest BCUT2D eigenvalue weighted by Gasteiger charge is -2.31. The quantitative estimate of drug-likeness (QED) is 0.384. The molecule has 0 radical (unpaired) electrons. The summed E-state index contributed by atoms with van der Waals surface area (Å²) in [6.07, 6.45) is 1.85. The molecular formula is C29H29N5OS. The number of hydrogen-bond donors (Lipinski definition) is 1. The van der Waals surface area contributed by atoms with E-state index in [9.17, 15) is 0 Å². The molecule has 0 saturated carbocycles. The van der Waals surface area contributed by atoms with Crippen molar-refractivity contribution in [1.29, 1.82) is 0 Å². The summed E-state index contributed by atoms with van der Waals surface area (Å²) in [6.45, 7) is 5.51. The highest BCUT2D eigenvalue weighted by Crippen LogP contribution is 2.43. The maximum atomic E-state index is 5.95. The van der Waals surface area contributed by atoms with E-state index in [2.05, 4.69) is 93.3 Å². The van der Waals surface area contributed by atoms with E-state index in [1.54, 1.807) is 0 Å². The number of hydrogen-bond acceptors (Lipinski definition) is 4. The van der Waals surface area contributed by atoms with Gasteiger partial charge in [-0.25, -0.2) is 0 Å². The second-order valence-corrected chi connectivity index (χ2v) is 9.57. The van der Waals surface area contributed by atoms with Gasteiger partial charge in [0.15, 0.2) is 5.11 Å². The van der Waals surface area contributed by atoms with Crippen molar-refractivity contribution < 1.29 is 4.74 Å². The molecule has 2 atom stereocenters. The average Bonchev–Trinajstić information content (AvgIpc) is 3.49. The molecule has 6 rings (SSSR count). The van der Waals surface area contributed by atoms with Gasteiger partial charge in [0, 0.05) is 47.7 Å². The van der Waals surface area contributed by atoms with E-state index >= 15 is 0 Å². The minimum atomic E-state index is -0.0885. The number of nitrogens with one attached hydrogen (secondary N) is 1.